The highest BCUT2D eigenvalue weighted by Crippen LogP contribution is 2.35. The van der Waals surface area contributed by atoms with Crippen molar-refractivity contribution in [3.8, 4) is 0 Å². The normalized spacial score (nSPS) is 15.7. The van der Waals surface area contributed by atoms with E-state index in [9.17, 15) is 9.59 Å². The summed E-state index contributed by atoms with van der Waals surface area (Å²) in [5.41, 5.74) is 14.7. The Labute approximate surface area is 144 Å². The van der Waals surface area contributed by atoms with Gasteiger partial charge in [0.2, 0.25) is 5.91 Å². The third kappa shape index (κ3) is 2.55. The van der Waals surface area contributed by atoms with Gasteiger partial charge in [0.1, 0.15) is 0 Å². The van der Waals surface area contributed by atoms with E-state index in [1.807, 2.05) is 18.2 Å². The zero-order valence-corrected chi connectivity index (χ0v) is 13.8. The topological polar surface area (TPSA) is 114 Å². The molecule has 0 radical (unpaired) electrons. The van der Waals surface area contributed by atoms with Crippen molar-refractivity contribution in [3.63, 3.8) is 0 Å². The number of aromatic nitrogens is 1. The zero-order chi connectivity index (χ0) is 17.6. The van der Waals surface area contributed by atoms with Crippen molar-refractivity contribution in [1.82, 2.24) is 10.3 Å². The maximum absolute atomic E-state index is 12.2. The standard InChI is InChI=1S/C19H20N4O2/c20-18(24)11-1-4-15-14(9-11)13-3-2-12(10-5-7-22-8-6-10)16(19(21)25)17(13)23-15/h1-4,9-10,22-23H,5-8H2,(H2,20,24)(H2,21,25). The minimum absolute atomic E-state index is 0.320. The van der Waals surface area contributed by atoms with Crippen LogP contribution in [0.4, 0.5) is 0 Å². The molecule has 0 saturated carbocycles. The molecule has 0 unspecified atom stereocenters. The number of aromatic amines is 1. The molecule has 1 aliphatic rings. The van der Waals surface area contributed by atoms with Crippen LogP contribution in [0.25, 0.3) is 21.8 Å². The van der Waals surface area contributed by atoms with Crippen molar-refractivity contribution < 1.29 is 9.59 Å². The van der Waals surface area contributed by atoms with Crippen LogP contribution in [0.1, 0.15) is 45.0 Å². The summed E-state index contributed by atoms with van der Waals surface area (Å²) in [4.78, 5) is 27.0. The van der Waals surface area contributed by atoms with Gasteiger partial charge in [0.15, 0.2) is 0 Å². The Morgan fingerprint density at radius 2 is 1.72 bits per heavy atom. The Morgan fingerprint density at radius 1 is 0.960 bits per heavy atom. The van der Waals surface area contributed by atoms with Crippen LogP contribution in [-0.2, 0) is 0 Å². The average Bonchev–Trinajstić information content (AvgIpc) is 2.99. The third-order valence-electron chi connectivity index (χ3n) is 5.12. The maximum Gasteiger partial charge on any atom is 0.251 e. The number of H-pyrrole nitrogens is 1. The van der Waals surface area contributed by atoms with Gasteiger partial charge >= 0.3 is 0 Å². The van der Waals surface area contributed by atoms with E-state index in [0.29, 0.717) is 17.0 Å². The number of fused-ring (bicyclic) bond motifs is 3. The van der Waals surface area contributed by atoms with Crippen molar-refractivity contribution in [3.05, 3.63) is 47.0 Å². The maximum atomic E-state index is 12.2. The smallest absolute Gasteiger partial charge is 0.251 e. The molecule has 6 heteroatoms. The van der Waals surface area contributed by atoms with E-state index in [1.165, 1.54) is 0 Å². The van der Waals surface area contributed by atoms with Crippen LogP contribution in [0, 0.1) is 0 Å². The number of carbonyl (C=O) groups excluding carboxylic acids is 2. The second-order valence-electron chi connectivity index (χ2n) is 6.59. The van der Waals surface area contributed by atoms with Crippen molar-refractivity contribution in [2.45, 2.75) is 18.8 Å². The molecule has 0 aliphatic carbocycles. The summed E-state index contributed by atoms with van der Waals surface area (Å²) in [7, 11) is 0. The molecule has 2 amide bonds. The van der Waals surface area contributed by atoms with E-state index >= 15 is 0 Å². The van der Waals surface area contributed by atoms with Gasteiger partial charge in [0.05, 0.1) is 11.1 Å². The van der Waals surface area contributed by atoms with Crippen LogP contribution < -0.4 is 16.8 Å². The highest BCUT2D eigenvalue weighted by Gasteiger charge is 2.23. The van der Waals surface area contributed by atoms with Gasteiger partial charge in [-0.25, -0.2) is 0 Å². The molecule has 25 heavy (non-hydrogen) atoms. The molecule has 0 spiro atoms. The number of carbonyl (C=O) groups is 2. The van der Waals surface area contributed by atoms with Crippen molar-refractivity contribution >= 4 is 33.6 Å². The van der Waals surface area contributed by atoms with Crippen molar-refractivity contribution in [2.75, 3.05) is 13.1 Å². The molecule has 3 aromatic rings. The minimum Gasteiger partial charge on any atom is -0.366 e. The second kappa shape index (κ2) is 5.89. The summed E-state index contributed by atoms with van der Waals surface area (Å²) < 4.78 is 0. The molecule has 1 saturated heterocycles. The number of nitrogens with two attached hydrogens (primary N) is 2. The van der Waals surface area contributed by atoms with E-state index in [1.54, 1.807) is 12.1 Å². The fraction of sp³-hybridized carbons (Fsp3) is 0.263. The van der Waals surface area contributed by atoms with E-state index < -0.39 is 11.8 Å². The Balaban J connectivity index is 1.97. The molecule has 6 N–H and O–H groups in total. The number of amides is 2. The number of primary amides is 2. The summed E-state index contributed by atoms with van der Waals surface area (Å²) in [5, 5.41) is 5.09. The molecule has 1 aromatic heterocycles. The molecule has 0 bridgehead atoms. The van der Waals surface area contributed by atoms with Crippen LogP contribution in [-0.4, -0.2) is 29.9 Å². The first-order chi connectivity index (χ1) is 12.1. The molecule has 6 nitrogen and oxygen atoms in total. The van der Waals surface area contributed by atoms with E-state index in [4.69, 9.17) is 11.5 Å². The number of benzene rings is 2. The van der Waals surface area contributed by atoms with Gasteiger partial charge in [-0.2, -0.15) is 0 Å². The molecular weight excluding hydrogens is 316 g/mol. The van der Waals surface area contributed by atoms with Crippen molar-refractivity contribution in [2.24, 2.45) is 11.5 Å². The molecular formula is C19H20N4O2. The van der Waals surface area contributed by atoms with Crippen LogP contribution in [0.3, 0.4) is 0 Å². The van der Waals surface area contributed by atoms with Crippen LogP contribution >= 0.6 is 0 Å². The molecule has 1 aliphatic heterocycles. The van der Waals surface area contributed by atoms with Gasteiger partial charge in [-0.1, -0.05) is 12.1 Å². The average molecular weight is 336 g/mol. The SMILES string of the molecule is NC(=O)c1ccc2[nH]c3c(C(N)=O)c(C4CCNCC4)ccc3c2c1. The van der Waals surface area contributed by atoms with Gasteiger partial charge in [-0.3, -0.25) is 9.59 Å². The van der Waals surface area contributed by atoms with Crippen LogP contribution in [0.2, 0.25) is 0 Å². The number of rotatable bonds is 3. The number of nitrogens with one attached hydrogen (secondary N) is 2. The van der Waals surface area contributed by atoms with Gasteiger partial charge < -0.3 is 21.8 Å². The molecule has 0 atom stereocenters. The first kappa shape index (κ1) is 15.7. The van der Waals surface area contributed by atoms with Gasteiger partial charge in [-0.05, 0) is 55.6 Å². The summed E-state index contributed by atoms with van der Waals surface area (Å²) in [6.45, 7) is 1.88. The monoisotopic (exact) mass is 336 g/mol. The molecule has 2 aromatic carbocycles. The van der Waals surface area contributed by atoms with Gasteiger partial charge in [0, 0.05) is 21.9 Å². The number of hydrogen-bond acceptors (Lipinski definition) is 3. The van der Waals surface area contributed by atoms with E-state index in [-0.39, 0.29) is 0 Å². The lowest BCUT2D eigenvalue weighted by Gasteiger charge is -2.24. The lowest BCUT2D eigenvalue weighted by atomic mass is 9.86. The number of piperidine rings is 1. The Kier molecular flexibility index (Phi) is 3.69. The predicted octanol–water partition coefficient (Wildman–Crippen LogP) is 1.99. The van der Waals surface area contributed by atoms with Gasteiger partial charge in [-0.15, -0.1) is 0 Å². The van der Waals surface area contributed by atoms with Crippen LogP contribution in [0.5, 0.6) is 0 Å². The zero-order valence-electron chi connectivity index (χ0n) is 13.8. The summed E-state index contributed by atoms with van der Waals surface area (Å²) >= 11 is 0. The second-order valence-corrected chi connectivity index (χ2v) is 6.59. The van der Waals surface area contributed by atoms with E-state index in [0.717, 1.165) is 53.3 Å². The fourth-order valence-corrected chi connectivity index (χ4v) is 3.88. The first-order valence-electron chi connectivity index (χ1n) is 8.45. The lowest BCUT2D eigenvalue weighted by molar-refractivity contribution is 0.0991. The summed E-state index contributed by atoms with van der Waals surface area (Å²) in [6, 6.07) is 9.25. The van der Waals surface area contributed by atoms with Gasteiger partial charge in [0.25, 0.3) is 5.91 Å². The van der Waals surface area contributed by atoms with E-state index in [2.05, 4.69) is 10.3 Å². The Morgan fingerprint density at radius 3 is 2.40 bits per heavy atom. The van der Waals surface area contributed by atoms with Crippen molar-refractivity contribution in [1.29, 1.82) is 0 Å². The van der Waals surface area contributed by atoms with Crippen LogP contribution in [0.15, 0.2) is 30.3 Å². The summed E-state index contributed by atoms with van der Waals surface area (Å²) in [6.07, 6.45) is 1.97. The molecule has 2 heterocycles. The highest BCUT2D eigenvalue weighted by atomic mass is 16.1. The number of hydrogen-bond donors (Lipinski definition) is 4. The Bertz CT molecular complexity index is 999. The predicted molar refractivity (Wildman–Crippen MR) is 97.7 cm³/mol. The molecule has 128 valence electrons. The lowest BCUT2D eigenvalue weighted by Crippen LogP contribution is -2.28. The summed E-state index contributed by atoms with van der Waals surface area (Å²) in [5.74, 6) is -0.584. The minimum atomic E-state index is -0.474. The highest BCUT2D eigenvalue weighted by molar-refractivity contribution is 6.16. The fourth-order valence-electron chi connectivity index (χ4n) is 3.88. The third-order valence-corrected chi connectivity index (χ3v) is 5.12. The first-order valence-corrected chi connectivity index (χ1v) is 8.45. The molecule has 1 fully saturated rings. The largest absolute Gasteiger partial charge is 0.366 e. The Hall–Kier alpha value is -2.86. The quantitative estimate of drug-likeness (QED) is 0.586. The molecule has 4 rings (SSSR count).